The van der Waals surface area contributed by atoms with E-state index in [2.05, 4.69) is 31.2 Å². The van der Waals surface area contributed by atoms with Gasteiger partial charge in [0.05, 0.1) is 6.10 Å². The molecule has 0 saturated carbocycles. The minimum absolute atomic E-state index is 0. The maximum Gasteiger partial charge on any atom is 0.0640 e. The predicted molar refractivity (Wildman–Crippen MR) is 38.2 cm³/mol. The van der Waals surface area contributed by atoms with Gasteiger partial charge in [-0.2, -0.15) is 0 Å². The molecule has 0 aromatic rings. The molecule has 0 heterocycles. The summed E-state index contributed by atoms with van der Waals surface area (Å²) in [5, 5.41) is 0. The van der Waals surface area contributed by atoms with Crippen LogP contribution in [-0.4, -0.2) is 13.2 Å². The van der Waals surface area contributed by atoms with Crippen LogP contribution in [0.25, 0.3) is 0 Å². The van der Waals surface area contributed by atoms with Gasteiger partial charge in [0.2, 0.25) is 0 Å². The summed E-state index contributed by atoms with van der Waals surface area (Å²) in [5.74, 6) is 0.495. The van der Waals surface area contributed by atoms with E-state index in [1.165, 1.54) is 0 Å². The second-order valence-corrected chi connectivity index (χ2v) is 2.29. The summed E-state index contributed by atoms with van der Waals surface area (Å²) >= 11 is 0. The second-order valence-electron chi connectivity index (χ2n) is 2.29. The third kappa shape index (κ3) is 2.28. The standard InChI is InChI=1S/C8H12O.Ni/c1-7(9-2)8-5-3-4-6-8;/h3-8H,1-2H3;. The quantitative estimate of drug-likeness (QED) is 0.592. The maximum atomic E-state index is 5.13. The van der Waals surface area contributed by atoms with E-state index in [4.69, 9.17) is 4.74 Å². The van der Waals surface area contributed by atoms with Crippen LogP contribution in [0.4, 0.5) is 0 Å². The zero-order valence-electron chi connectivity index (χ0n) is 6.19. The number of rotatable bonds is 2. The molecule has 1 rings (SSSR count). The molecule has 0 bridgehead atoms. The molecule has 0 aromatic carbocycles. The molecule has 1 aliphatic carbocycles. The molecule has 1 atom stereocenters. The van der Waals surface area contributed by atoms with Crippen LogP contribution in [0.1, 0.15) is 6.92 Å². The Morgan fingerprint density at radius 3 is 2.20 bits per heavy atom. The zero-order valence-corrected chi connectivity index (χ0v) is 7.18. The molecule has 1 aliphatic rings. The summed E-state index contributed by atoms with van der Waals surface area (Å²) < 4.78 is 5.13. The zero-order chi connectivity index (χ0) is 6.69. The van der Waals surface area contributed by atoms with E-state index in [0.29, 0.717) is 12.0 Å². The van der Waals surface area contributed by atoms with Crippen molar-refractivity contribution in [2.45, 2.75) is 13.0 Å². The molecule has 0 spiro atoms. The van der Waals surface area contributed by atoms with Crippen LogP contribution in [0.2, 0.25) is 0 Å². The fourth-order valence-electron chi connectivity index (χ4n) is 0.919. The SMILES string of the molecule is COC(C)C1C=CC=C1.[Ni]. The van der Waals surface area contributed by atoms with Crippen LogP contribution in [-0.2, 0) is 21.2 Å². The van der Waals surface area contributed by atoms with Crippen molar-refractivity contribution in [3.05, 3.63) is 24.3 Å². The van der Waals surface area contributed by atoms with Gasteiger partial charge in [0.15, 0.2) is 0 Å². The topological polar surface area (TPSA) is 9.23 Å². The van der Waals surface area contributed by atoms with Crippen molar-refractivity contribution >= 4 is 0 Å². The molecule has 0 fully saturated rings. The Hall–Kier alpha value is -0.0665. The molecule has 60 valence electrons. The van der Waals surface area contributed by atoms with E-state index in [1.807, 2.05) is 0 Å². The monoisotopic (exact) mass is 182 g/mol. The minimum Gasteiger partial charge on any atom is -0.381 e. The van der Waals surface area contributed by atoms with E-state index in [0.717, 1.165) is 0 Å². The third-order valence-corrected chi connectivity index (χ3v) is 1.69. The van der Waals surface area contributed by atoms with Gasteiger partial charge in [-0.3, -0.25) is 0 Å². The van der Waals surface area contributed by atoms with Crippen molar-refractivity contribution in [2.24, 2.45) is 5.92 Å². The summed E-state index contributed by atoms with van der Waals surface area (Å²) in [6.07, 6.45) is 8.72. The van der Waals surface area contributed by atoms with Gasteiger partial charge in [-0.1, -0.05) is 24.3 Å². The first kappa shape index (κ1) is 9.93. The largest absolute Gasteiger partial charge is 0.381 e. The van der Waals surface area contributed by atoms with Gasteiger partial charge in [0.1, 0.15) is 0 Å². The van der Waals surface area contributed by atoms with Crippen molar-refractivity contribution < 1.29 is 21.2 Å². The molecule has 0 N–H and O–H groups in total. The fraction of sp³-hybridized carbons (Fsp3) is 0.500. The van der Waals surface area contributed by atoms with Gasteiger partial charge in [-0.05, 0) is 6.92 Å². The molecular formula is C8H12NiO. The van der Waals surface area contributed by atoms with Gasteiger partial charge < -0.3 is 4.74 Å². The molecular weight excluding hydrogens is 171 g/mol. The molecule has 1 unspecified atom stereocenters. The number of methoxy groups -OCH3 is 1. The van der Waals surface area contributed by atoms with Gasteiger partial charge in [-0.25, -0.2) is 0 Å². The average Bonchev–Trinajstić information content (AvgIpc) is 2.37. The first-order valence-electron chi connectivity index (χ1n) is 3.22. The van der Waals surface area contributed by atoms with Crippen LogP contribution in [0.15, 0.2) is 24.3 Å². The molecule has 10 heavy (non-hydrogen) atoms. The number of hydrogen-bond acceptors (Lipinski definition) is 1. The predicted octanol–water partition coefficient (Wildman–Crippen LogP) is 1.76. The molecule has 0 saturated heterocycles. The molecule has 1 nitrogen and oxygen atoms in total. The van der Waals surface area contributed by atoms with Crippen LogP contribution >= 0.6 is 0 Å². The van der Waals surface area contributed by atoms with Crippen molar-refractivity contribution in [2.75, 3.05) is 7.11 Å². The van der Waals surface area contributed by atoms with E-state index >= 15 is 0 Å². The van der Waals surface area contributed by atoms with Gasteiger partial charge in [-0.15, -0.1) is 0 Å². The van der Waals surface area contributed by atoms with Crippen molar-refractivity contribution in [1.29, 1.82) is 0 Å². The summed E-state index contributed by atoms with van der Waals surface area (Å²) in [7, 11) is 1.74. The summed E-state index contributed by atoms with van der Waals surface area (Å²) in [6.45, 7) is 2.07. The number of allylic oxidation sites excluding steroid dienone is 2. The first-order chi connectivity index (χ1) is 4.34. The van der Waals surface area contributed by atoms with Crippen LogP contribution < -0.4 is 0 Å². The summed E-state index contributed by atoms with van der Waals surface area (Å²) in [6, 6.07) is 0. The van der Waals surface area contributed by atoms with Crippen molar-refractivity contribution in [3.8, 4) is 0 Å². The Labute approximate surface area is 72.1 Å². The van der Waals surface area contributed by atoms with Crippen LogP contribution in [0, 0.1) is 5.92 Å². The van der Waals surface area contributed by atoms with Crippen molar-refractivity contribution in [1.82, 2.24) is 0 Å². The fourth-order valence-corrected chi connectivity index (χ4v) is 0.919. The Bertz CT molecular complexity index is 128. The molecule has 0 radical (unpaired) electrons. The van der Waals surface area contributed by atoms with E-state index < -0.39 is 0 Å². The second kappa shape index (κ2) is 4.70. The summed E-state index contributed by atoms with van der Waals surface area (Å²) in [4.78, 5) is 0. The minimum atomic E-state index is 0. The Kier molecular flexibility index (Phi) is 4.67. The first-order valence-corrected chi connectivity index (χ1v) is 3.22. The normalized spacial score (nSPS) is 19.0. The molecule has 0 aliphatic heterocycles. The Balaban J connectivity index is 0.000000810. The van der Waals surface area contributed by atoms with E-state index in [-0.39, 0.29) is 16.5 Å². The summed E-state index contributed by atoms with van der Waals surface area (Å²) in [5.41, 5.74) is 0. The smallest absolute Gasteiger partial charge is 0.0640 e. The van der Waals surface area contributed by atoms with Crippen molar-refractivity contribution in [3.63, 3.8) is 0 Å². The third-order valence-electron chi connectivity index (χ3n) is 1.69. The Morgan fingerprint density at radius 1 is 1.30 bits per heavy atom. The number of ether oxygens (including phenoxy) is 1. The van der Waals surface area contributed by atoms with E-state index in [1.54, 1.807) is 7.11 Å². The van der Waals surface area contributed by atoms with Gasteiger partial charge in [0.25, 0.3) is 0 Å². The molecule has 2 heteroatoms. The van der Waals surface area contributed by atoms with Crippen LogP contribution in [0.5, 0.6) is 0 Å². The number of hydrogen-bond donors (Lipinski definition) is 0. The average molecular weight is 183 g/mol. The molecule has 0 aromatic heterocycles. The Morgan fingerprint density at radius 2 is 1.80 bits per heavy atom. The van der Waals surface area contributed by atoms with E-state index in [9.17, 15) is 0 Å². The van der Waals surface area contributed by atoms with Gasteiger partial charge >= 0.3 is 0 Å². The van der Waals surface area contributed by atoms with Crippen LogP contribution in [0.3, 0.4) is 0 Å². The van der Waals surface area contributed by atoms with Gasteiger partial charge in [0, 0.05) is 29.5 Å². The maximum absolute atomic E-state index is 5.13. The molecule has 0 amide bonds.